The molecule has 0 radical (unpaired) electrons. The number of fused-ring (bicyclic) bond motifs is 1. The number of nitrogens with one attached hydrogen (secondary N) is 2. The van der Waals surface area contributed by atoms with Crippen molar-refractivity contribution in [2.45, 2.75) is 13.1 Å². The monoisotopic (exact) mass is 433 g/mol. The van der Waals surface area contributed by atoms with Crippen molar-refractivity contribution in [3.8, 4) is 0 Å². The van der Waals surface area contributed by atoms with E-state index < -0.39 is 0 Å². The molecule has 0 atom stereocenters. The van der Waals surface area contributed by atoms with Gasteiger partial charge in [-0.1, -0.05) is 78.9 Å². The molecule has 0 aliphatic carbocycles. The zero-order valence-corrected chi connectivity index (χ0v) is 18.0. The van der Waals surface area contributed by atoms with E-state index in [0.717, 1.165) is 28.1 Å². The van der Waals surface area contributed by atoms with Gasteiger partial charge in [-0.2, -0.15) is 5.10 Å². The molecule has 0 saturated carbocycles. The van der Waals surface area contributed by atoms with E-state index >= 15 is 0 Å². The van der Waals surface area contributed by atoms with E-state index in [1.165, 1.54) is 5.56 Å². The molecule has 2 aromatic heterocycles. The van der Waals surface area contributed by atoms with Gasteiger partial charge in [0.05, 0.1) is 24.3 Å². The van der Waals surface area contributed by atoms with Crippen LogP contribution < -0.4 is 10.7 Å². The Hall–Kier alpha value is -4.52. The van der Waals surface area contributed by atoms with Crippen molar-refractivity contribution in [2.75, 3.05) is 10.7 Å². The van der Waals surface area contributed by atoms with E-state index in [0.29, 0.717) is 18.9 Å². The Bertz CT molecular complexity index is 1350. The Labute approximate surface area is 191 Å². The SMILES string of the molecule is c1ccc(CNc2ncnc3c2ncn3C/C(=N/Nc2ccccc2)c2ccccc2)cc1. The van der Waals surface area contributed by atoms with Crippen LogP contribution in [0.3, 0.4) is 0 Å². The molecule has 0 fully saturated rings. The predicted octanol–water partition coefficient (Wildman–Crippen LogP) is 4.95. The summed E-state index contributed by atoms with van der Waals surface area (Å²) in [5, 5.41) is 8.08. The second-order valence-corrected chi connectivity index (χ2v) is 7.51. The average molecular weight is 434 g/mol. The number of hydrazone groups is 1. The summed E-state index contributed by atoms with van der Waals surface area (Å²) in [6, 6.07) is 30.2. The Morgan fingerprint density at radius 1 is 0.788 bits per heavy atom. The largest absolute Gasteiger partial charge is 0.364 e. The molecule has 0 amide bonds. The van der Waals surface area contributed by atoms with Crippen LogP contribution in [0.4, 0.5) is 11.5 Å². The maximum absolute atomic E-state index is 4.70. The minimum atomic E-state index is 0.509. The molecule has 5 aromatic rings. The molecule has 3 aromatic carbocycles. The lowest BCUT2D eigenvalue weighted by Crippen LogP contribution is -2.13. The first kappa shape index (κ1) is 20.4. The Morgan fingerprint density at radius 2 is 1.48 bits per heavy atom. The lowest BCUT2D eigenvalue weighted by Gasteiger charge is -2.10. The van der Waals surface area contributed by atoms with Crippen LogP contribution in [0, 0.1) is 0 Å². The van der Waals surface area contributed by atoms with Crippen molar-refractivity contribution in [1.29, 1.82) is 0 Å². The van der Waals surface area contributed by atoms with Gasteiger partial charge in [0, 0.05) is 6.54 Å². The van der Waals surface area contributed by atoms with Gasteiger partial charge in [-0.25, -0.2) is 15.0 Å². The number of nitrogens with zero attached hydrogens (tertiary/aromatic N) is 5. The summed E-state index contributed by atoms with van der Waals surface area (Å²) in [4.78, 5) is 13.5. The molecule has 0 unspecified atom stereocenters. The van der Waals surface area contributed by atoms with Crippen molar-refractivity contribution in [3.05, 3.63) is 115 Å². The topological polar surface area (TPSA) is 80.0 Å². The second-order valence-electron chi connectivity index (χ2n) is 7.51. The van der Waals surface area contributed by atoms with Crippen molar-refractivity contribution in [3.63, 3.8) is 0 Å². The highest BCUT2D eigenvalue weighted by atomic mass is 15.3. The third-order valence-electron chi connectivity index (χ3n) is 5.22. The van der Waals surface area contributed by atoms with Gasteiger partial charge in [0.2, 0.25) is 0 Å². The highest BCUT2D eigenvalue weighted by molar-refractivity contribution is 6.01. The van der Waals surface area contributed by atoms with Gasteiger partial charge in [0.15, 0.2) is 11.5 Å². The minimum absolute atomic E-state index is 0.509. The Morgan fingerprint density at radius 3 is 2.24 bits per heavy atom. The second kappa shape index (κ2) is 9.74. The van der Waals surface area contributed by atoms with Crippen LogP contribution in [0.15, 0.2) is 109 Å². The van der Waals surface area contributed by atoms with Crippen molar-refractivity contribution in [1.82, 2.24) is 19.5 Å². The van der Waals surface area contributed by atoms with Crippen LogP contribution in [0.1, 0.15) is 11.1 Å². The predicted molar refractivity (Wildman–Crippen MR) is 132 cm³/mol. The Balaban J connectivity index is 1.42. The standard InChI is InChI=1S/C26H23N7/c1-4-10-20(11-5-1)16-27-25-24-26(29-18-28-25)33(19-30-24)17-23(21-12-6-2-7-13-21)32-31-22-14-8-3-9-15-22/h1-15,18-19,31H,16-17H2,(H,27,28,29)/b32-23-. The van der Waals surface area contributed by atoms with Crippen molar-refractivity contribution >= 4 is 28.4 Å². The average Bonchev–Trinajstić information content (AvgIpc) is 3.30. The number of aromatic nitrogens is 4. The number of anilines is 2. The van der Waals surface area contributed by atoms with Gasteiger partial charge in [-0.15, -0.1) is 0 Å². The molecular formula is C26H23N7. The number of hydrogen-bond acceptors (Lipinski definition) is 6. The summed E-state index contributed by atoms with van der Waals surface area (Å²) < 4.78 is 1.99. The minimum Gasteiger partial charge on any atom is -0.364 e. The Kier molecular flexibility index (Phi) is 6.02. The summed E-state index contributed by atoms with van der Waals surface area (Å²) in [5.41, 5.74) is 8.65. The molecule has 0 spiro atoms. The first-order valence-corrected chi connectivity index (χ1v) is 10.7. The van der Waals surface area contributed by atoms with Crippen LogP contribution in [-0.2, 0) is 13.1 Å². The molecule has 2 heterocycles. The van der Waals surface area contributed by atoms with Gasteiger partial charge < -0.3 is 9.88 Å². The summed E-state index contributed by atoms with van der Waals surface area (Å²) in [6.45, 7) is 1.17. The van der Waals surface area contributed by atoms with Crippen LogP contribution in [-0.4, -0.2) is 25.2 Å². The van der Waals surface area contributed by atoms with E-state index in [9.17, 15) is 0 Å². The quantitative estimate of drug-likeness (QED) is 0.267. The third kappa shape index (κ3) is 4.88. The molecule has 7 heteroatoms. The fraction of sp³-hybridized carbons (Fsp3) is 0.0769. The normalized spacial score (nSPS) is 11.5. The molecule has 0 aliphatic heterocycles. The lowest BCUT2D eigenvalue weighted by molar-refractivity contribution is 0.864. The summed E-state index contributed by atoms with van der Waals surface area (Å²) in [5.74, 6) is 0.711. The van der Waals surface area contributed by atoms with E-state index in [2.05, 4.69) is 37.8 Å². The van der Waals surface area contributed by atoms with Gasteiger partial charge >= 0.3 is 0 Å². The first-order valence-electron chi connectivity index (χ1n) is 10.7. The highest BCUT2D eigenvalue weighted by Crippen LogP contribution is 2.19. The van der Waals surface area contributed by atoms with Gasteiger partial charge in [-0.05, 0) is 23.3 Å². The van der Waals surface area contributed by atoms with E-state index in [4.69, 9.17) is 5.10 Å². The van der Waals surface area contributed by atoms with Gasteiger partial charge in [-0.3, -0.25) is 5.43 Å². The number of hydrogen-bond donors (Lipinski definition) is 2. The molecule has 33 heavy (non-hydrogen) atoms. The number of benzene rings is 3. The highest BCUT2D eigenvalue weighted by Gasteiger charge is 2.13. The maximum atomic E-state index is 4.70. The first-order chi connectivity index (χ1) is 16.4. The van der Waals surface area contributed by atoms with E-state index in [-0.39, 0.29) is 0 Å². The van der Waals surface area contributed by atoms with Crippen molar-refractivity contribution < 1.29 is 0 Å². The fourth-order valence-corrected chi connectivity index (χ4v) is 3.54. The van der Waals surface area contributed by atoms with E-state index in [1.54, 1.807) is 12.7 Å². The maximum Gasteiger partial charge on any atom is 0.165 e. The molecule has 0 saturated heterocycles. The zero-order chi connectivity index (χ0) is 22.3. The fourth-order valence-electron chi connectivity index (χ4n) is 3.54. The molecule has 0 aliphatic rings. The third-order valence-corrected chi connectivity index (χ3v) is 5.22. The van der Waals surface area contributed by atoms with Crippen LogP contribution in [0.25, 0.3) is 11.2 Å². The molecule has 5 rings (SSSR count). The summed E-state index contributed by atoms with van der Waals surface area (Å²) in [6.07, 6.45) is 3.35. The van der Waals surface area contributed by atoms with Crippen LogP contribution >= 0.6 is 0 Å². The van der Waals surface area contributed by atoms with Crippen LogP contribution in [0.2, 0.25) is 0 Å². The molecule has 0 bridgehead atoms. The van der Waals surface area contributed by atoms with Crippen molar-refractivity contribution in [2.24, 2.45) is 5.10 Å². The lowest BCUT2D eigenvalue weighted by atomic mass is 10.1. The van der Waals surface area contributed by atoms with Crippen LogP contribution in [0.5, 0.6) is 0 Å². The van der Waals surface area contributed by atoms with Gasteiger partial charge in [0.1, 0.15) is 11.8 Å². The number of rotatable bonds is 8. The van der Waals surface area contributed by atoms with E-state index in [1.807, 2.05) is 83.4 Å². The summed E-state index contributed by atoms with van der Waals surface area (Å²) in [7, 11) is 0. The zero-order valence-electron chi connectivity index (χ0n) is 18.0. The number of imidazole rings is 1. The molecule has 2 N–H and O–H groups in total. The van der Waals surface area contributed by atoms with Gasteiger partial charge in [0.25, 0.3) is 0 Å². The smallest absolute Gasteiger partial charge is 0.165 e. The summed E-state index contributed by atoms with van der Waals surface area (Å²) >= 11 is 0. The molecule has 7 nitrogen and oxygen atoms in total. The molecule has 162 valence electrons. The molecular weight excluding hydrogens is 410 g/mol. The number of para-hydroxylation sites is 1.